The lowest BCUT2D eigenvalue weighted by Crippen LogP contribution is -2.54. The summed E-state index contributed by atoms with van der Waals surface area (Å²) >= 11 is 0. The van der Waals surface area contributed by atoms with Gasteiger partial charge >= 0.3 is 16.3 Å². The maximum absolute atomic E-state index is 11.5. The minimum Gasteiger partial charge on any atom is -0.452 e. The second-order valence-electron chi connectivity index (χ2n) is 3.84. The van der Waals surface area contributed by atoms with Crippen molar-refractivity contribution in [1.82, 2.24) is 9.44 Å². The first-order chi connectivity index (χ1) is 7.43. The molecule has 1 aliphatic rings. The number of aliphatic hydroxyl groups is 1. The predicted octanol–water partition coefficient (Wildman–Crippen LogP) is -0.518. The molecule has 7 nitrogen and oxygen atoms in total. The predicted molar refractivity (Wildman–Crippen MR) is 55.9 cm³/mol. The van der Waals surface area contributed by atoms with Crippen molar-refractivity contribution in [3.05, 3.63) is 0 Å². The SMILES string of the molecule is COC(=O)NS(=O)(=O)NC1(CO)CCCC1. The summed E-state index contributed by atoms with van der Waals surface area (Å²) in [5.41, 5.74) is -0.847. The first-order valence-corrected chi connectivity index (χ1v) is 6.42. The normalized spacial score (nSPS) is 19.4. The second kappa shape index (κ2) is 4.98. The molecule has 0 heterocycles. The molecule has 0 spiro atoms. The number of amides is 1. The molecule has 1 amide bonds. The Kier molecular flexibility index (Phi) is 4.11. The van der Waals surface area contributed by atoms with Gasteiger partial charge in [0.05, 0.1) is 19.3 Å². The number of aliphatic hydroxyl groups excluding tert-OH is 1. The maximum atomic E-state index is 11.5. The topological polar surface area (TPSA) is 105 Å². The van der Waals surface area contributed by atoms with Crippen LogP contribution in [0.2, 0.25) is 0 Å². The summed E-state index contributed by atoms with van der Waals surface area (Å²) in [5, 5.41) is 9.20. The maximum Gasteiger partial charge on any atom is 0.421 e. The highest BCUT2D eigenvalue weighted by Crippen LogP contribution is 2.29. The summed E-state index contributed by atoms with van der Waals surface area (Å²) < 4.78 is 31.1. The van der Waals surface area contributed by atoms with Crippen LogP contribution in [-0.2, 0) is 14.9 Å². The van der Waals surface area contributed by atoms with Gasteiger partial charge in [0, 0.05) is 0 Å². The second-order valence-corrected chi connectivity index (χ2v) is 5.26. The van der Waals surface area contributed by atoms with Crippen molar-refractivity contribution < 1.29 is 23.1 Å². The molecule has 1 fully saturated rings. The van der Waals surface area contributed by atoms with E-state index in [4.69, 9.17) is 0 Å². The standard InChI is InChI=1S/C8H16N2O5S/c1-15-7(12)9-16(13,14)10-8(6-11)4-2-3-5-8/h10-11H,2-6H2,1H3,(H,9,12). The van der Waals surface area contributed by atoms with Gasteiger partial charge in [-0.05, 0) is 12.8 Å². The van der Waals surface area contributed by atoms with Crippen LogP contribution in [0.3, 0.4) is 0 Å². The van der Waals surface area contributed by atoms with E-state index in [0.717, 1.165) is 20.0 Å². The molecular weight excluding hydrogens is 236 g/mol. The van der Waals surface area contributed by atoms with Crippen molar-refractivity contribution in [2.75, 3.05) is 13.7 Å². The minimum atomic E-state index is -3.98. The lowest BCUT2D eigenvalue weighted by Gasteiger charge is -2.27. The van der Waals surface area contributed by atoms with Crippen LogP contribution in [0.4, 0.5) is 4.79 Å². The van der Waals surface area contributed by atoms with E-state index in [0.29, 0.717) is 12.8 Å². The number of methoxy groups -OCH3 is 1. The van der Waals surface area contributed by atoms with Gasteiger partial charge in [0.15, 0.2) is 0 Å². The van der Waals surface area contributed by atoms with Gasteiger partial charge in [-0.2, -0.15) is 13.1 Å². The quantitative estimate of drug-likeness (QED) is 0.624. The van der Waals surface area contributed by atoms with Crippen LogP contribution in [0.15, 0.2) is 0 Å². The fraction of sp³-hybridized carbons (Fsp3) is 0.875. The first-order valence-electron chi connectivity index (χ1n) is 4.93. The zero-order valence-corrected chi connectivity index (χ0v) is 9.84. The highest BCUT2D eigenvalue weighted by Gasteiger charge is 2.37. The van der Waals surface area contributed by atoms with Crippen LogP contribution < -0.4 is 9.44 Å². The number of carbonyl (C=O) groups excluding carboxylic acids is 1. The largest absolute Gasteiger partial charge is 0.452 e. The van der Waals surface area contributed by atoms with Crippen LogP contribution in [0.25, 0.3) is 0 Å². The highest BCUT2D eigenvalue weighted by molar-refractivity contribution is 7.88. The van der Waals surface area contributed by atoms with E-state index in [-0.39, 0.29) is 6.61 Å². The molecule has 1 aliphatic carbocycles. The smallest absolute Gasteiger partial charge is 0.421 e. The van der Waals surface area contributed by atoms with E-state index >= 15 is 0 Å². The summed E-state index contributed by atoms with van der Waals surface area (Å²) in [4.78, 5) is 10.8. The van der Waals surface area contributed by atoms with Crippen molar-refractivity contribution in [3.63, 3.8) is 0 Å². The van der Waals surface area contributed by atoms with E-state index in [1.165, 1.54) is 0 Å². The lowest BCUT2D eigenvalue weighted by molar-refractivity contribution is 0.174. The van der Waals surface area contributed by atoms with Crippen LogP contribution >= 0.6 is 0 Å². The van der Waals surface area contributed by atoms with Gasteiger partial charge in [-0.3, -0.25) is 0 Å². The van der Waals surface area contributed by atoms with E-state index in [1.807, 2.05) is 0 Å². The molecule has 0 radical (unpaired) electrons. The summed E-state index contributed by atoms with van der Waals surface area (Å²) in [6, 6.07) is 0. The van der Waals surface area contributed by atoms with Gasteiger partial charge in [-0.25, -0.2) is 9.52 Å². The number of hydrogen-bond acceptors (Lipinski definition) is 5. The Bertz CT molecular complexity index is 347. The van der Waals surface area contributed by atoms with Gasteiger partial charge in [-0.1, -0.05) is 12.8 Å². The van der Waals surface area contributed by atoms with Gasteiger partial charge in [0.1, 0.15) is 0 Å². The molecule has 1 rings (SSSR count). The Morgan fingerprint density at radius 2 is 2.00 bits per heavy atom. The molecular formula is C8H16N2O5S. The van der Waals surface area contributed by atoms with E-state index in [9.17, 15) is 18.3 Å². The van der Waals surface area contributed by atoms with Gasteiger partial charge in [-0.15, -0.1) is 0 Å². The Morgan fingerprint density at radius 3 is 2.44 bits per heavy atom. The molecule has 0 unspecified atom stereocenters. The van der Waals surface area contributed by atoms with Crippen LogP contribution in [0.5, 0.6) is 0 Å². The molecule has 0 bridgehead atoms. The number of hydrogen-bond donors (Lipinski definition) is 3. The summed E-state index contributed by atoms with van der Waals surface area (Å²) in [7, 11) is -2.91. The number of nitrogens with one attached hydrogen (secondary N) is 2. The lowest BCUT2D eigenvalue weighted by atomic mass is 10.0. The summed E-state index contributed by atoms with van der Waals surface area (Å²) in [6.45, 7) is -0.283. The van der Waals surface area contributed by atoms with E-state index < -0.39 is 21.8 Å². The summed E-state index contributed by atoms with van der Waals surface area (Å²) in [6.07, 6.45) is 1.76. The monoisotopic (exact) mass is 252 g/mol. The Balaban J connectivity index is 2.67. The molecule has 0 atom stereocenters. The third-order valence-corrected chi connectivity index (χ3v) is 3.75. The Morgan fingerprint density at radius 1 is 1.44 bits per heavy atom. The van der Waals surface area contributed by atoms with Crippen molar-refractivity contribution in [2.45, 2.75) is 31.2 Å². The summed E-state index contributed by atoms with van der Waals surface area (Å²) in [5.74, 6) is 0. The minimum absolute atomic E-state index is 0.283. The zero-order chi connectivity index (χ0) is 12.2. The average molecular weight is 252 g/mol. The molecule has 0 aromatic carbocycles. The molecule has 0 aromatic heterocycles. The molecule has 0 aromatic rings. The van der Waals surface area contributed by atoms with Crippen molar-refractivity contribution >= 4 is 16.3 Å². The number of rotatable bonds is 4. The van der Waals surface area contributed by atoms with E-state index in [1.54, 1.807) is 4.72 Å². The fourth-order valence-electron chi connectivity index (χ4n) is 1.81. The number of carbonyl (C=O) groups is 1. The van der Waals surface area contributed by atoms with E-state index in [2.05, 4.69) is 9.46 Å². The average Bonchev–Trinajstić information content (AvgIpc) is 2.65. The van der Waals surface area contributed by atoms with Crippen molar-refractivity contribution in [3.8, 4) is 0 Å². The fourth-order valence-corrected chi connectivity index (χ4v) is 3.00. The molecule has 0 saturated heterocycles. The third-order valence-electron chi connectivity index (χ3n) is 2.62. The van der Waals surface area contributed by atoms with Crippen LogP contribution in [0.1, 0.15) is 25.7 Å². The van der Waals surface area contributed by atoms with Crippen LogP contribution in [-0.4, -0.2) is 38.9 Å². The first kappa shape index (κ1) is 13.2. The third kappa shape index (κ3) is 3.32. The van der Waals surface area contributed by atoms with Crippen LogP contribution in [0, 0.1) is 0 Å². The van der Waals surface area contributed by atoms with Gasteiger partial charge < -0.3 is 9.84 Å². The zero-order valence-electron chi connectivity index (χ0n) is 9.02. The molecule has 8 heteroatoms. The van der Waals surface area contributed by atoms with Crippen molar-refractivity contribution in [1.29, 1.82) is 0 Å². The Hall–Kier alpha value is -0.860. The molecule has 16 heavy (non-hydrogen) atoms. The Labute approximate surface area is 94.4 Å². The van der Waals surface area contributed by atoms with Gasteiger partial charge in [0.25, 0.3) is 0 Å². The highest BCUT2D eigenvalue weighted by atomic mass is 32.2. The van der Waals surface area contributed by atoms with Crippen molar-refractivity contribution in [2.24, 2.45) is 0 Å². The molecule has 94 valence electrons. The van der Waals surface area contributed by atoms with Gasteiger partial charge in [0.2, 0.25) is 0 Å². The molecule has 1 saturated carbocycles. The number of ether oxygens (including phenoxy) is 1. The molecule has 3 N–H and O–H groups in total. The molecule has 0 aliphatic heterocycles.